The highest BCUT2D eigenvalue weighted by atomic mass is 19.4. The van der Waals surface area contributed by atoms with Gasteiger partial charge >= 0.3 is 12.4 Å². The molecule has 2 aliphatic rings. The molecule has 1 atom stereocenters. The van der Waals surface area contributed by atoms with Gasteiger partial charge < -0.3 is 4.90 Å². The van der Waals surface area contributed by atoms with E-state index in [4.69, 9.17) is 0 Å². The van der Waals surface area contributed by atoms with Gasteiger partial charge in [0.25, 0.3) is 0 Å². The van der Waals surface area contributed by atoms with Crippen molar-refractivity contribution in [2.45, 2.75) is 44.0 Å². The SMILES string of the molecule is O=C([C@@H]1CCCc2cccnc21)N1CCC(C(F)(F)F)(C(F)(F)F)C1. The fourth-order valence-electron chi connectivity index (χ4n) is 3.69. The van der Waals surface area contributed by atoms with Gasteiger partial charge in [0.05, 0.1) is 11.6 Å². The topological polar surface area (TPSA) is 33.2 Å². The third-order valence-corrected chi connectivity index (χ3v) is 5.16. The molecule has 1 aliphatic heterocycles. The van der Waals surface area contributed by atoms with Crippen molar-refractivity contribution in [3.05, 3.63) is 29.6 Å². The van der Waals surface area contributed by atoms with Crippen LogP contribution in [0.3, 0.4) is 0 Å². The second-order valence-corrected chi connectivity index (χ2v) is 6.58. The first-order valence-corrected chi connectivity index (χ1v) is 7.93. The maximum atomic E-state index is 13.2. The van der Waals surface area contributed by atoms with Crippen molar-refractivity contribution in [1.29, 1.82) is 0 Å². The summed E-state index contributed by atoms with van der Waals surface area (Å²) in [6.45, 7) is -1.94. The number of fused-ring (bicyclic) bond motifs is 1. The van der Waals surface area contributed by atoms with E-state index in [1.54, 1.807) is 12.1 Å². The van der Waals surface area contributed by atoms with E-state index in [0.717, 1.165) is 5.56 Å². The summed E-state index contributed by atoms with van der Waals surface area (Å²) in [5.74, 6) is -1.47. The molecule has 1 amide bonds. The lowest BCUT2D eigenvalue weighted by molar-refractivity contribution is -0.334. The summed E-state index contributed by atoms with van der Waals surface area (Å²) >= 11 is 0. The zero-order valence-corrected chi connectivity index (χ0v) is 13.1. The molecule has 2 heterocycles. The van der Waals surface area contributed by atoms with E-state index >= 15 is 0 Å². The number of hydrogen-bond acceptors (Lipinski definition) is 2. The lowest BCUT2D eigenvalue weighted by Crippen LogP contribution is -2.52. The third kappa shape index (κ3) is 2.87. The number of pyridine rings is 1. The number of carbonyl (C=O) groups is 1. The second kappa shape index (κ2) is 5.88. The minimum absolute atomic E-state index is 0.379. The Labute approximate surface area is 140 Å². The summed E-state index contributed by atoms with van der Waals surface area (Å²) in [5, 5.41) is 0. The summed E-state index contributed by atoms with van der Waals surface area (Å²) in [7, 11) is 0. The minimum atomic E-state index is -5.46. The van der Waals surface area contributed by atoms with Gasteiger partial charge in [0.2, 0.25) is 5.91 Å². The Bertz CT molecular complexity index is 655. The third-order valence-electron chi connectivity index (χ3n) is 5.16. The molecule has 3 nitrogen and oxygen atoms in total. The van der Waals surface area contributed by atoms with E-state index in [2.05, 4.69) is 4.98 Å². The number of rotatable bonds is 1. The van der Waals surface area contributed by atoms with Gasteiger partial charge in [-0.2, -0.15) is 26.3 Å². The van der Waals surface area contributed by atoms with Gasteiger partial charge in [0.1, 0.15) is 0 Å². The van der Waals surface area contributed by atoms with E-state index < -0.39 is 49.1 Å². The van der Waals surface area contributed by atoms with Crippen LogP contribution in [0, 0.1) is 5.41 Å². The van der Waals surface area contributed by atoms with Crippen LogP contribution in [0.1, 0.15) is 36.4 Å². The number of nitrogens with zero attached hydrogens (tertiary/aromatic N) is 2. The number of carbonyl (C=O) groups excluding carboxylic acids is 1. The summed E-state index contributed by atoms with van der Waals surface area (Å²) in [6, 6.07) is 3.47. The van der Waals surface area contributed by atoms with Crippen LogP contribution in [-0.2, 0) is 11.2 Å². The van der Waals surface area contributed by atoms with Crippen molar-refractivity contribution in [3.63, 3.8) is 0 Å². The molecule has 0 unspecified atom stereocenters. The predicted molar refractivity (Wildman–Crippen MR) is 75.7 cm³/mol. The summed E-state index contributed by atoms with van der Waals surface area (Å²) in [5.41, 5.74) is -2.56. The largest absolute Gasteiger partial charge is 0.404 e. The van der Waals surface area contributed by atoms with Gasteiger partial charge in [-0.25, -0.2) is 0 Å². The first kappa shape index (κ1) is 18.0. The van der Waals surface area contributed by atoms with Crippen LogP contribution in [-0.4, -0.2) is 41.2 Å². The molecule has 9 heteroatoms. The molecule has 0 N–H and O–H groups in total. The monoisotopic (exact) mass is 366 g/mol. The Balaban J connectivity index is 1.86. The number of halogens is 6. The highest BCUT2D eigenvalue weighted by molar-refractivity contribution is 5.84. The van der Waals surface area contributed by atoms with Crippen LogP contribution < -0.4 is 0 Å². The van der Waals surface area contributed by atoms with Crippen LogP contribution in [0.2, 0.25) is 0 Å². The number of aromatic nitrogens is 1. The molecule has 0 spiro atoms. The van der Waals surface area contributed by atoms with E-state index in [-0.39, 0.29) is 0 Å². The van der Waals surface area contributed by atoms with E-state index in [9.17, 15) is 31.1 Å². The van der Waals surface area contributed by atoms with Gasteiger partial charge in [-0.3, -0.25) is 9.78 Å². The van der Waals surface area contributed by atoms with Crippen molar-refractivity contribution < 1.29 is 31.1 Å². The van der Waals surface area contributed by atoms with Crippen LogP contribution in [0.25, 0.3) is 0 Å². The predicted octanol–water partition coefficient (Wildman–Crippen LogP) is 3.84. The van der Waals surface area contributed by atoms with Gasteiger partial charge in [0, 0.05) is 19.3 Å². The Morgan fingerprint density at radius 2 is 1.88 bits per heavy atom. The fourth-order valence-corrected chi connectivity index (χ4v) is 3.69. The maximum Gasteiger partial charge on any atom is 0.404 e. The average molecular weight is 366 g/mol. The molecular weight excluding hydrogens is 350 g/mol. The van der Waals surface area contributed by atoms with Crippen LogP contribution in [0.15, 0.2) is 18.3 Å². The van der Waals surface area contributed by atoms with Crippen LogP contribution in [0.4, 0.5) is 26.3 Å². The first-order valence-electron chi connectivity index (χ1n) is 7.93. The smallest absolute Gasteiger partial charge is 0.341 e. The number of aryl methyl sites for hydroxylation is 1. The molecule has 1 fully saturated rings. The molecule has 1 saturated heterocycles. The second-order valence-electron chi connectivity index (χ2n) is 6.58. The quantitative estimate of drug-likeness (QED) is 0.708. The lowest BCUT2D eigenvalue weighted by Gasteiger charge is -2.34. The summed E-state index contributed by atoms with van der Waals surface area (Å²) < 4.78 is 79.0. The number of hydrogen-bond donors (Lipinski definition) is 0. The van der Waals surface area contributed by atoms with Crippen molar-refractivity contribution in [3.8, 4) is 0 Å². The molecular formula is C16H16F6N2O. The van der Waals surface area contributed by atoms with Crippen molar-refractivity contribution in [1.82, 2.24) is 9.88 Å². The summed E-state index contributed by atoms with van der Waals surface area (Å²) in [4.78, 5) is 17.5. The molecule has 0 radical (unpaired) electrons. The average Bonchev–Trinajstić information content (AvgIpc) is 3.00. The van der Waals surface area contributed by atoms with E-state index in [1.807, 2.05) is 0 Å². The van der Waals surface area contributed by atoms with E-state index in [0.29, 0.717) is 29.9 Å². The highest BCUT2D eigenvalue weighted by Gasteiger charge is 2.73. The molecule has 1 aromatic rings. The summed E-state index contributed by atoms with van der Waals surface area (Å²) in [6.07, 6.45) is -8.87. The Hall–Kier alpha value is -1.80. The van der Waals surface area contributed by atoms with Gasteiger partial charge in [-0.05, 0) is 37.3 Å². The maximum absolute atomic E-state index is 13.2. The standard InChI is InChI=1S/C16H16F6N2O/c17-15(18,19)14(16(20,21)22)6-8-24(9-14)13(25)11-5-1-3-10-4-2-7-23-12(10)11/h2,4,7,11H,1,3,5-6,8-9H2/t11-/m1/s1. The van der Waals surface area contributed by atoms with Gasteiger partial charge in [0.15, 0.2) is 5.41 Å². The van der Waals surface area contributed by atoms with Crippen molar-refractivity contribution >= 4 is 5.91 Å². The molecule has 1 aromatic heterocycles. The van der Waals surface area contributed by atoms with Crippen molar-refractivity contribution in [2.24, 2.45) is 5.41 Å². The minimum Gasteiger partial charge on any atom is -0.341 e. The zero-order valence-electron chi connectivity index (χ0n) is 13.1. The molecule has 1 aliphatic carbocycles. The molecule has 138 valence electrons. The normalized spacial score (nSPS) is 23.4. The Morgan fingerprint density at radius 3 is 2.48 bits per heavy atom. The highest BCUT2D eigenvalue weighted by Crippen LogP contribution is 2.55. The fraction of sp³-hybridized carbons (Fsp3) is 0.625. The molecule has 25 heavy (non-hydrogen) atoms. The number of likely N-dealkylation sites (tertiary alicyclic amines) is 1. The van der Waals surface area contributed by atoms with Gasteiger partial charge in [-0.1, -0.05) is 6.07 Å². The van der Waals surface area contributed by atoms with Crippen molar-refractivity contribution in [2.75, 3.05) is 13.1 Å². The van der Waals surface area contributed by atoms with Crippen LogP contribution >= 0.6 is 0 Å². The van der Waals surface area contributed by atoms with E-state index in [1.165, 1.54) is 6.20 Å². The first-order chi connectivity index (χ1) is 11.6. The molecule has 0 saturated carbocycles. The lowest BCUT2D eigenvalue weighted by atomic mass is 9.84. The van der Waals surface area contributed by atoms with Crippen LogP contribution in [0.5, 0.6) is 0 Å². The zero-order chi connectivity index (χ0) is 18.5. The van der Waals surface area contributed by atoms with Gasteiger partial charge in [-0.15, -0.1) is 0 Å². The Kier molecular flexibility index (Phi) is 4.23. The number of alkyl halides is 6. The molecule has 0 bridgehead atoms. The number of amides is 1. The Morgan fingerprint density at radius 1 is 1.20 bits per heavy atom. The molecule has 3 rings (SSSR count). The molecule has 0 aromatic carbocycles.